The van der Waals surface area contributed by atoms with Gasteiger partial charge in [-0.1, -0.05) is 5.16 Å². The van der Waals surface area contributed by atoms with Crippen molar-refractivity contribution in [1.29, 1.82) is 0 Å². The fraction of sp³-hybridized carbons (Fsp3) is 0.500. The number of oxime groups is 1. The maximum atomic E-state index is 8.42. The summed E-state index contributed by atoms with van der Waals surface area (Å²) in [5, 5.41) is 15.4. The van der Waals surface area contributed by atoms with Crippen molar-refractivity contribution in [3.63, 3.8) is 0 Å². The predicted molar refractivity (Wildman–Crippen MR) is 47.5 cm³/mol. The Morgan fingerprint density at radius 3 is 3.15 bits per heavy atom. The Hall–Kier alpha value is -1.52. The molecular weight excluding hydrogens is 168 g/mol. The number of hydrogen-bond donors (Lipinski definition) is 2. The molecule has 0 radical (unpaired) electrons. The lowest BCUT2D eigenvalue weighted by atomic mass is 10.3. The highest BCUT2D eigenvalue weighted by molar-refractivity contribution is 5.96. The number of rotatable bonds is 3. The second kappa shape index (κ2) is 3.08. The fourth-order valence-corrected chi connectivity index (χ4v) is 1.22. The molecule has 0 unspecified atom stereocenters. The summed E-state index contributed by atoms with van der Waals surface area (Å²) in [5.74, 6) is 0.891. The van der Waals surface area contributed by atoms with Gasteiger partial charge in [-0.15, -0.1) is 0 Å². The minimum absolute atomic E-state index is 0.113. The van der Waals surface area contributed by atoms with Crippen LogP contribution >= 0.6 is 0 Å². The first-order valence-electron chi connectivity index (χ1n) is 4.30. The maximum Gasteiger partial charge on any atom is 0.173 e. The summed E-state index contributed by atoms with van der Waals surface area (Å²) in [4.78, 5) is 0. The topological polar surface area (TPSA) is 76.4 Å². The van der Waals surface area contributed by atoms with Gasteiger partial charge in [0.1, 0.15) is 0 Å². The van der Waals surface area contributed by atoms with Crippen molar-refractivity contribution in [2.45, 2.75) is 19.4 Å². The molecule has 2 rings (SSSR count). The van der Waals surface area contributed by atoms with Crippen LogP contribution in [0.2, 0.25) is 0 Å². The van der Waals surface area contributed by atoms with E-state index in [-0.39, 0.29) is 5.84 Å². The fourth-order valence-electron chi connectivity index (χ4n) is 1.22. The summed E-state index contributed by atoms with van der Waals surface area (Å²) < 4.78 is 1.84. The molecule has 1 aromatic heterocycles. The van der Waals surface area contributed by atoms with E-state index in [4.69, 9.17) is 10.9 Å². The molecule has 1 saturated carbocycles. The first-order chi connectivity index (χ1) is 6.29. The van der Waals surface area contributed by atoms with E-state index in [1.54, 1.807) is 12.4 Å². The van der Waals surface area contributed by atoms with Crippen molar-refractivity contribution in [3.05, 3.63) is 18.0 Å². The van der Waals surface area contributed by atoms with Gasteiger partial charge in [0.2, 0.25) is 0 Å². The molecule has 3 N–H and O–H groups in total. The third-order valence-corrected chi connectivity index (χ3v) is 2.18. The number of nitrogens with zero attached hydrogens (tertiary/aromatic N) is 3. The van der Waals surface area contributed by atoms with Crippen LogP contribution in [0.15, 0.2) is 17.5 Å². The molecule has 0 atom stereocenters. The summed E-state index contributed by atoms with van der Waals surface area (Å²) in [7, 11) is 0. The van der Waals surface area contributed by atoms with E-state index < -0.39 is 0 Å². The largest absolute Gasteiger partial charge is 0.409 e. The molecule has 1 fully saturated rings. The van der Waals surface area contributed by atoms with Crippen LogP contribution in [0.1, 0.15) is 18.4 Å². The quantitative estimate of drug-likeness (QED) is 0.306. The smallest absolute Gasteiger partial charge is 0.173 e. The van der Waals surface area contributed by atoms with Gasteiger partial charge in [-0.2, -0.15) is 5.10 Å². The van der Waals surface area contributed by atoms with Gasteiger partial charge in [0, 0.05) is 12.7 Å². The van der Waals surface area contributed by atoms with Gasteiger partial charge in [0.25, 0.3) is 0 Å². The number of aromatic nitrogens is 2. The molecule has 1 heterocycles. The molecule has 70 valence electrons. The summed E-state index contributed by atoms with van der Waals surface area (Å²) in [6.45, 7) is 0.943. The van der Waals surface area contributed by atoms with Crippen LogP contribution in [0.5, 0.6) is 0 Å². The van der Waals surface area contributed by atoms with Crippen molar-refractivity contribution < 1.29 is 5.21 Å². The Balaban J connectivity index is 2.07. The minimum atomic E-state index is 0.113. The summed E-state index contributed by atoms with van der Waals surface area (Å²) >= 11 is 0. The second-order valence-electron chi connectivity index (χ2n) is 3.38. The van der Waals surface area contributed by atoms with Crippen molar-refractivity contribution in [2.75, 3.05) is 0 Å². The van der Waals surface area contributed by atoms with Crippen LogP contribution in [0, 0.1) is 5.92 Å². The summed E-state index contributed by atoms with van der Waals surface area (Å²) in [5.41, 5.74) is 6.07. The molecule has 0 aliphatic heterocycles. The molecule has 13 heavy (non-hydrogen) atoms. The van der Waals surface area contributed by atoms with Crippen molar-refractivity contribution in [1.82, 2.24) is 9.78 Å². The lowest BCUT2D eigenvalue weighted by Gasteiger charge is -1.96. The van der Waals surface area contributed by atoms with Gasteiger partial charge in [-0.05, 0) is 18.8 Å². The monoisotopic (exact) mass is 180 g/mol. The van der Waals surface area contributed by atoms with Crippen LogP contribution in [0.4, 0.5) is 0 Å². The second-order valence-corrected chi connectivity index (χ2v) is 3.38. The van der Waals surface area contributed by atoms with E-state index in [2.05, 4.69) is 10.3 Å². The first-order valence-corrected chi connectivity index (χ1v) is 4.30. The zero-order valence-corrected chi connectivity index (χ0v) is 7.22. The molecule has 5 heteroatoms. The molecule has 1 aromatic rings. The normalized spacial score (nSPS) is 17.7. The zero-order valence-electron chi connectivity index (χ0n) is 7.22. The van der Waals surface area contributed by atoms with Crippen molar-refractivity contribution in [3.8, 4) is 0 Å². The van der Waals surface area contributed by atoms with E-state index in [1.165, 1.54) is 12.8 Å². The Labute approximate surface area is 75.8 Å². The highest BCUT2D eigenvalue weighted by atomic mass is 16.4. The van der Waals surface area contributed by atoms with E-state index in [1.807, 2.05) is 4.68 Å². The molecular formula is C8H12N4O. The van der Waals surface area contributed by atoms with Gasteiger partial charge >= 0.3 is 0 Å². The average molecular weight is 180 g/mol. The Morgan fingerprint density at radius 1 is 1.77 bits per heavy atom. The average Bonchev–Trinajstić information content (AvgIpc) is 2.81. The first kappa shape index (κ1) is 8.10. The van der Waals surface area contributed by atoms with E-state index >= 15 is 0 Å². The van der Waals surface area contributed by atoms with Crippen LogP contribution in [-0.2, 0) is 6.54 Å². The Morgan fingerprint density at radius 2 is 2.54 bits per heavy atom. The van der Waals surface area contributed by atoms with Gasteiger partial charge in [-0.25, -0.2) is 0 Å². The van der Waals surface area contributed by atoms with Crippen LogP contribution < -0.4 is 5.73 Å². The summed E-state index contributed by atoms with van der Waals surface area (Å²) in [6.07, 6.45) is 5.99. The molecule has 0 aromatic carbocycles. The number of amidine groups is 1. The summed E-state index contributed by atoms with van der Waals surface area (Å²) in [6, 6.07) is 0. The third-order valence-electron chi connectivity index (χ3n) is 2.18. The predicted octanol–water partition coefficient (Wildman–Crippen LogP) is 0.388. The van der Waals surface area contributed by atoms with Crippen LogP contribution in [-0.4, -0.2) is 20.8 Å². The third kappa shape index (κ3) is 1.80. The molecule has 1 aliphatic rings. The van der Waals surface area contributed by atoms with E-state index in [0.29, 0.717) is 5.56 Å². The maximum absolute atomic E-state index is 8.42. The minimum Gasteiger partial charge on any atom is -0.409 e. The zero-order chi connectivity index (χ0) is 9.26. The van der Waals surface area contributed by atoms with E-state index in [9.17, 15) is 0 Å². The molecule has 0 amide bonds. The SMILES string of the molecule is N/C(=N\O)c1cnn(CC2CC2)c1. The Kier molecular flexibility index (Phi) is 1.92. The van der Waals surface area contributed by atoms with Gasteiger partial charge in [0.15, 0.2) is 5.84 Å². The van der Waals surface area contributed by atoms with Gasteiger partial charge in [-0.3, -0.25) is 4.68 Å². The lowest BCUT2D eigenvalue weighted by molar-refractivity contribution is 0.318. The molecule has 5 nitrogen and oxygen atoms in total. The van der Waals surface area contributed by atoms with Crippen LogP contribution in [0.3, 0.4) is 0 Å². The highest BCUT2D eigenvalue weighted by Gasteiger charge is 2.22. The molecule has 0 saturated heterocycles. The molecule has 0 spiro atoms. The van der Waals surface area contributed by atoms with Crippen molar-refractivity contribution in [2.24, 2.45) is 16.8 Å². The number of hydrogen-bond acceptors (Lipinski definition) is 3. The molecule has 0 bridgehead atoms. The van der Waals surface area contributed by atoms with Gasteiger partial charge in [0.05, 0.1) is 11.8 Å². The van der Waals surface area contributed by atoms with E-state index in [0.717, 1.165) is 12.5 Å². The number of nitrogens with two attached hydrogens (primary N) is 1. The molecule has 1 aliphatic carbocycles. The lowest BCUT2D eigenvalue weighted by Crippen LogP contribution is -2.12. The highest BCUT2D eigenvalue weighted by Crippen LogP contribution is 2.30. The van der Waals surface area contributed by atoms with Gasteiger partial charge < -0.3 is 10.9 Å². The standard InChI is InChI=1S/C8H12N4O/c9-8(11-13)7-3-10-12(5-7)4-6-1-2-6/h3,5-6,13H,1-2,4H2,(H2,9,11). The van der Waals surface area contributed by atoms with Crippen molar-refractivity contribution >= 4 is 5.84 Å². The van der Waals surface area contributed by atoms with Crippen LogP contribution in [0.25, 0.3) is 0 Å². The Bertz CT molecular complexity index is 327.